The molecule has 0 aromatic heterocycles. The van der Waals surface area contributed by atoms with Crippen molar-refractivity contribution in [1.82, 2.24) is 10.2 Å². The second kappa shape index (κ2) is 7.59. The van der Waals surface area contributed by atoms with E-state index in [-0.39, 0.29) is 23.8 Å². The fourth-order valence-electron chi connectivity index (χ4n) is 2.79. The van der Waals surface area contributed by atoms with Crippen LogP contribution in [0.15, 0.2) is 0 Å². The molecule has 6 heteroatoms. The molecule has 1 aliphatic heterocycles. The van der Waals surface area contributed by atoms with Crippen LogP contribution in [0.1, 0.15) is 32.1 Å². The average Bonchev–Trinajstić information content (AvgIpc) is 2.48. The van der Waals surface area contributed by atoms with Gasteiger partial charge in [-0.3, -0.25) is 9.59 Å². The number of nitrogens with zero attached hydrogens (tertiary/aromatic N) is 1. The van der Waals surface area contributed by atoms with Gasteiger partial charge in [0.15, 0.2) is 0 Å². The van der Waals surface area contributed by atoms with Crippen LogP contribution in [0.3, 0.4) is 0 Å². The maximum atomic E-state index is 12.0. The van der Waals surface area contributed by atoms with Crippen molar-refractivity contribution in [1.29, 1.82) is 0 Å². The summed E-state index contributed by atoms with van der Waals surface area (Å²) in [6.45, 7) is 2.97. The van der Waals surface area contributed by atoms with Crippen LogP contribution in [0.5, 0.6) is 0 Å². The molecule has 0 aromatic rings. The van der Waals surface area contributed by atoms with Crippen molar-refractivity contribution < 1.29 is 14.3 Å². The molecule has 0 unspecified atom stereocenters. The normalized spacial score (nSPS) is 27.1. The summed E-state index contributed by atoms with van der Waals surface area (Å²) in [5.41, 5.74) is 5.83. The minimum absolute atomic E-state index is 0.0756. The lowest BCUT2D eigenvalue weighted by atomic mass is 9.86. The first kappa shape index (κ1) is 15.3. The molecule has 2 fully saturated rings. The van der Waals surface area contributed by atoms with Crippen LogP contribution in [-0.2, 0) is 14.3 Å². The van der Waals surface area contributed by atoms with E-state index in [0.717, 1.165) is 25.7 Å². The molecule has 1 saturated heterocycles. The first-order valence-corrected chi connectivity index (χ1v) is 7.55. The number of carbonyl (C=O) groups excluding carboxylic acids is 2. The van der Waals surface area contributed by atoms with Gasteiger partial charge in [0, 0.05) is 38.0 Å². The third-order valence-corrected chi connectivity index (χ3v) is 4.14. The van der Waals surface area contributed by atoms with Crippen LogP contribution in [-0.4, -0.2) is 55.6 Å². The molecule has 0 aromatic carbocycles. The lowest BCUT2D eigenvalue weighted by Gasteiger charge is -2.27. The van der Waals surface area contributed by atoms with Crippen LogP contribution in [0, 0.1) is 5.92 Å². The highest BCUT2D eigenvalue weighted by Gasteiger charge is 2.24. The standard InChI is InChI=1S/C14H25N3O3/c15-12-3-1-11(2-4-12)14(19)16-6-5-13(18)17-7-9-20-10-8-17/h11-12H,1-10,15H2,(H,16,19). The first-order valence-electron chi connectivity index (χ1n) is 7.55. The molecule has 6 nitrogen and oxygen atoms in total. The Morgan fingerprint density at radius 2 is 1.80 bits per heavy atom. The molecule has 114 valence electrons. The first-order chi connectivity index (χ1) is 9.66. The lowest BCUT2D eigenvalue weighted by Crippen LogP contribution is -2.42. The third kappa shape index (κ3) is 4.45. The summed E-state index contributed by atoms with van der Waals surface area (Å²) in [6.07, 6.45) is 3.95. The highest BCUT2D eigenvalue weighted by molar-refractivity contribution is 5.80. The number of hydrogen-bond acceptors (Lipinski definition) is 4. The number of hydrogen-bond donors (Lipinski definition) is 2. The molecule has 2 rings (SSSR count). The maximum Gasteiger partial charge on any atom is 0.224 e. The second-order valence-corrected chi connectivity index (χ2v) is 5.65. The zero-order valence-corrected chi connectivity index (χ0v) is 12.0. The van der Waals surface area contributed by atoms with Gasteiger partial charge in [-0.2, -0.15) is 0 Å². The molecule has 0 spiro atoms. The van der Waals surface area contributed by atoms with Crippen LogP contribution in [0.2, 0.25) is 0 Å². The van der Waals surface area contributed by atoms with E-state index in [2.05, 4.69) is 5.32 Å². The average molecular weight is 283 g/mol. The van der Waals surface area contributed by atoms with Crippen molar-refractivity contribution in [2.45, 2.75) is 38.1 Å². The zero-order valence-electron chi connectivity index (χ0n) is 12.0. The molecule has 0 atom stereocenters. The summed E-state index contributed by atoms with van der Waals surface area (Å²) in [6, 6.07) is 0.252. The van der Waals surface area contributed by atoms with E-state index >= 15 is 0 Å². The molecule has 0 radical (unpaired) electrons. The Morgan fingerprint density at radius 3 is 2.45 bits per heavy atom. The van der Waals surface area contributed by atoms with E-state index in [4.69, 9.17) is 10.5 Å². The molecule has 2 amide bonds. The largest absolute Gasteiger partial charge is 0.378 e. The fourth-order valence-corrected chi connectivity index (χ4v) is 2.79. The van der Waals surface area contributed by atoms with Gasteiger partial charge in [-0.1, -0.05) is 0 Å². The van der Waals surface area contributed by atoms with Crippen molar-refractivity contribution in [2.75, 3.05) is 32.8 Å². The van der Waals surface area contributed by atoms with Crippen molar-refractivity contribution in [3.8, 4) is 0 Å². The van der Waals surface area contributed by atoms with E-state index < -0.39 is 0 Å². The highest BCUT2D eigenvalue weighted by Crippen LogP contribution is 2.23. The van der Waals surface area contributed by atoms with Crippen molar-refractivity contribution in [2.24, 2.45) is 11.7 Å². The van der Waals surface area contributed by atoms with Gasteiger partial charge in [0.1, 0.15) is 0 Å². The second-order valence-electron chi connectivity index (χ2n) is 5.65. The third-order valence-electron chi connectivity index (χ3n) is 4.14. The number of carbonyl (C=O) groups is 2. The van der Waals surface area contributed by atoms with Gasteiger partial charge < -0.3 is 20.7 Å². The molecule has 1 aliphatic carbocycles. The van der Waals surface area contributed by atoms with Gasteiger partial charge in [0.25, 0.3) is 0 Å². The molecule has 20 heavy (non-hydrogen) atoms. The number of rotatable bonds is 4. The minimum atomic E-state index is 0.0756. The minimum Gasteiger partial charge on any atom is -0.378 e. The Balaban J connectivity index is 1.62. The highest BCUT2D eigenvalue weighted by atomic mass is 16.5. The Morgan fingerprint density at radius 1 is 1.15 bits per heavy atom. The zero-order chi connectivity index (χ0) is 14.4. The van der Waals surface area contributed by atoms with E-state index in [1.165, 1.54) is 0 Å². The van der Waals surface area contributed by atoms with Crippen molar-refractivity contribution in [3.05, 3.63) is 0 Å². The lowest BCUT2D eigenvalue weighted by molar-refractivity contribution is -0.135. The maximum absolute atomic E-state index is 12.0. The Hall–Kier alpha value is -1.14. The van der Waals surface area contributed by atoms with Crippen molar-refractivity contribution >= 4 is 11.8 Å². The number of amides is 2. The van der Waals surface area contributed by atoms with Crippen molar-refractivity contribution in [3.63, 3.8) is 0 Å². The molecule has 0 bridgehead atoms. The molecule has 1 saturated carbocycles. The van der Waals surface area contributed by atoms with E-state index in [1.807, 2.05) is 0 Å². The molecule has 3 N–H and O–H groups in total. The summed E-state index contributed by atoms with van der Waals surface area (Å²) in [7, 11) is 0. The van der Waals surface area contributed by atoms with Crippen LogP contribution >= 0.6 is 0 Å². The van der Waals surface area contributed by atoms with E-state index in [0.29, 0.717) is 39.3 Å². The summed E-state index contributed by atoms with van der Waals surface area (Å²) < 4.78 is 5.21. The van der Waals surface area contributed by atoms with Gasteiger partial charge in [-0.15, -0.1) is 0 Å². The smallest absolute Gasteiger partial charge is 0.224 e. The van der Waals surface area contributed by atoms with Gasteiger partial charge in [-0.25, -0.2) is 0 Å². The molecule has 2 aliphatic rings. The Bertz CT molecular complexity index is 335. The summed E-state index contributed by atoms with van der Waals surface area (Å²) in [5.74, 6) is 0.249. The number of nitrogens with one attached hydrogen (secondary N) is 1. The summed E-state index contributed by atoms with van der Waals surface area (Å²) in [5, 5.41) is 2.88. The van der Waals surface area contributed by atoms with Crippen LogP contribution < -0.4 is 11.1 Å². The quantitative estimate of drug-likeness (QED) is 0.752. The van der Waals surface area contributed by atoms with Gasteiger partial charge in [0.05, 0.1) is 13.2 Å². The van der Waals surface area contributed by atoms with E-state index in [1.54, 1.807) is 4.90 Å². The fraction of sp³-hybridized carbons (Fsp3) is 0.857. The SMILES string of the molecule is NC1CCC(C(=O)NCCC(=O)N2CCOCC2)CC1. The Kier molecular flexibility index (Phi) is 5.79. The monoisotopic (exact) mass is 283 g/mol. The van der Waals surface area contributed by atoms with Gasteiger partial charge in [0.2, 0.25) is 11.8 Å². The Labute approximate surface area is 120 Å². The van der Waals surface area contributed by atoms with Crippen LogP contribution in [0.25, 0.3) is 0 Å². The molecule has 1 heterocycles. The predicted octanol–water partition coefficient (Wildman–Crippen LogP) is -0.131. The molecular weight excluding hydrogens is 258 g/mol. The summed E-state index contributed by atoms with van der Waals surface area (Å²) >= 11 is 0. The predicted molar refractivity (Wildman–Crippen MR) is 75.0 cm³/mol. The number of morpholine rings is 1. The number of nitrogens with two attached hydrogens (primary N) is 1. The van der Waals surface area contributed by atoms with Gasteiger partial charge >= 0.3 is 0 Å². The van der Waals surface area contributed by atoms with Gasteiger partial charge in [-0.05, 0) is 25.7 Å². The van der Waals surface area contributed by atoms with E-state index in [9.17, 15) is 9.59 Å². The topological polar surface area (TPSA) is 84.7 Å². The summed E-state index contributed by atoms with van der Waals surface area (Å²) in [4.78, 5) is 25.7. The molecular formula is C14H25N3O3. The van der Waals surface area contributed by atoms with Crippen LogP contribution in [0.4, 0.5) is 0 Å². The number of ether oxygens (including phenoxy) is 1.